The Bertz CT molecular complexity index is 527. The minimum atomic E-state index is -0.902. The molecule has 120 valence electrons. The number of hydrogen-bond acceptors (Lipinski definition) is 6. The highest BCUT2D eigenvalue weighted by atomic mass is 16.6. The van der Waals surface area contributed by atoms with E-state index >= 15 is 0 Å². The van der Waals surface area contributed by atoms with E-state index in [0.717, 1.165) is 6.08 Å². The first kappa shape index (κ1) is 17.4. The SMILES string of the molecule is C=CC(=O)N(C)[C@@H](Cc1cnc[nH]1)C(=O)OCC(=O)OCC. The van der Waals surface area contributed by atoms with Gasteiger partial charge in [0.15, 0.2) is 6.61 Å². The highest BCUT2D eigenvalue weighted by molar-refractivity contribution is 5.91. The summed E-state index contributed by atoms with van der Waals surface area (Å²) in [4.78, 5) is 43.0. The first-order valence-corrected chi connectivity index (χ1v) is 6.68. The van der Waals surface area contributed by atoms with Crippen molar-refractivity contribution in [2.75, 3.05) is 20.3 Å². The molecule has 0 unspecified atom stereocenters. The third-order valence-electron chi connectivity index (χ3n) is 2.87. The number of esters is 2. The molecule has 1 N–H and O–H groups in total. The van der Waals surface area contributed by atoms with Crippen molar-refractivity contribution in [3.05, 3.63) is 30.9 Å². The van der Waals surface area contributed by atoms with E-state index in [2.05, 4.69) is 21.3 Å². The second-order valence-electron chi connectivity index (χ2n) is 4.36. The number of ether oxygens (including phenoxy) is 2. The van der Waals surface area contributed by atoms with Crippen molar-refractivity contribution in [1.82, 2.24) is 14.9 Å². The Kier molecular flexibility index (Phi) is 6.81. The van der Waals surface area contributed by atoms with E-state index in [4.69, 9.17) is 4.74 Å². The molecule has 0 saturated carbocycles. The van der Waals surface area contributed by atoms with Crippen LogP contribution < -0.4 is 0 Å². The molecule has 0 aliphatic heterocycles. The van der Waals surface area contributed by atoms with E-state index in [9.17, 15) is 14.4 Å². The van der Waals surface area contributed by atoms with Gasteiger partial charge in [0.25, 0.3) is 0 Å². The van der Waals surface area contributed by atoms with Gasteiger partial charge in [-0.05, 0) is 13.0 Å². The standard InChI is InChI=1S/C14H19N3O5/c1-4-12(18)17(3)11(6-10-7-15-9-16-10)14(20)22-8-13(19)21-5-2/h4,7,9,11H,1,5-6,8H2,2-3H3,(H,15,16)/t11-/m0/s1. The molecule has 22 heavy (non-hydrogen) atoms. The van der Waals surface area contributed by atoms with Crippen LogP contribution in [0.4, 0.5) is 0 Å². The van der Waals surface area contributed by atoms with Crippen molar-refractivity contribution in [1.29, 1.82) is 0 Å². The normalized spacial score (nSPS) is 11.4. The molecule has 0 aromatic carbocycles. The summed E-state index contributed by atoms with van der Waals surface area (Å²) in [6, 6.07) is -0.902. The molecule has 0 aliphatic carbocycles. The predicted octanol–water partition coefficient (Wildman–Crippen LogP) is 0.0715. The molecule has 1 atom stereocenters. The average molecular weight is 309 g/mol. The zero-order valence-corrected chi connectivity index (χ0v) is 12.6. The van der Waals surface area contributed by atoms with Gasteiger partial charge >= 0.3 is 11.9 Å². The van der Waals surface area contributed by atoms with Crippen LogP contribution in [0.1, 0.15) is 12.6 Å². The number of aromatic amines is 1. The van der Waals surface area contributed by atoms with Gasteiger partial charge in [-0.3, -0.25) is 4.79 Å². The van der Waals surface area contributed by atoms with Crippen LogP contribution in [-0.2, 0) is 30.3 Å². The summed E-state index contributed by atoms with van der Waals surface area (Å²) < 4.78 is 9.59. The van der Waals surface area contributed by atoms with Gasteiger partial charge in [-0.2, -0.15) is 0 Å². The molecule has 0 aliphatic rings. The van der Waals surface area contributed by atoms with Gasteiger partial charge in [-0.1, -0.05) is 6.58 Å². The van der Waals surface area contributed by atoms with E-state index in [1.807, 2.05) is 0 Å². The van der Waals surface area contributed by atoms with Crippen molar-refractivity contribution in [2.45, 2.75) is 19.4 Å². The molecule has 1 rings (SSSR count). The van der Waals surface area contributed by atoms with E-state index in [1.165, 1.54) is 24.5 Å². The van der Waals surface area contributed by atoms with Gasteiger partial charge in [0, 0.05) is 25.4 Å². The number of rotatable bonds is 8. The maximum atomic E-state index is 12.1. The number of nitrogens with zero attached hydrogens (tertiary/aromatic N) is 2. The van der Waals surface area contributed by atoms with Crippen LogP contribution in [0.25, 0.3) is 0 Å². The van der Waals surface area contributed by atoms with Crippen molar-refractivity contribution >= 4 is 17.8 Å². The van der Waals surface area contributed by atoms with E-state index < -0.39 is 30.5 Å². The number of H-pyrrole nitrogens is 1. The molecule has 1 aromatic heterocycles. The van der Waals surface area contributed by atoms with Crippen molar-refractivity contribution in [3.63, 3.8) is 0 Å². The van der Waals surface area contributed by atoms with Gasteiger partial charge in [0.1, 0.15) is 6.04 Å². The molecule has 0 spiro atoms. The summed E-state index contributed by atoms with van der Waals surface area (Å²) in [5, 5.41) is 0. The molecule has 0 saturated heterocycles. The fourth-order valence-electron chi connectivity index (χ4n) is 1.71. The van der Waals surface area contributed by atoms with Crippen molar-refractivity contribution < 1.29 is 23.9 Å². The fraction of sp³-hybridized carbons (Fsp3) is 0.429. The topological polar surface area (TPSA) is 102 Å². The third kappa shape index (κ3) is 5.04. The lowest BCUT2D eigenvalue weighted by molar-refractivity contribution is -0.162. The van der Waals surface area contributed by atoms with Crippen LogP contribution in [0.3, 0.4) is 0 Å². The summed E-state index contributed by atoms with van der Waals surface area (Å²) >= 11 is 0. The van der Waals surface area contributed by atoms with Crippen LogP contribution in [0.15, 0.2) is 25.2 Å². The quantitative estimate of drug-likeness (QED) is 0.538. The highest BCUT2D eigenvalue weighted by Gasteiger charge is 2.28. The van der Waals surface area contributed by atoms with Crippen LogP contribution in [0.2, 0.25) is 0 Å². The number of imidazole rings is 1. The molecule has 0 radical (unpaired) electrons. The van der Waals surface area contributed by atoms with Gasteiger partial charge < -0.3 is 19.4 Å². The number of nitrogens with one attached hydrogen (secondary N) is 1. The summed E-state index contributed by atoms with van der Waals surface area (Å²) in [6.07, 6.45) is 4.28. The maximum Gasteiger partial charge on any atom is 0.344 e. The number of aromatic nitrogens is 2. The molecular formula is C14H19N3O5. The zero-order chi connectivity index (χ0) is 16.5. The Morgan fingerprint density at radius 1 is 1.45 bits per heavy atom. The Balaban J connectivity index is 2.75. The van der Waals surface area contributed by atoms with Crippen molar-refractivity contribution in [3.8, 4) is 0 Å². The fourth-order valence-corrected chi connectivity index (χ4v) is 1.71. The van der Waals surface area contributed by atoms with E-state index in [1.54, 1.807) is 6.92 Å². The highest BCUT2D eigenvalue weighted by Crippen LogP contribution is 2.08. The maximum absolute atomic E-state index is 12.1. The molecular weight excluding hydrogens is 290 g/mol. The number of carbonyl (C=O) groups excluding carboxylic acids is 3. The summed E-state index contributed by atoms with van der Waals surface area (Å²) in [5.74, 6) is -1.79. The predicted molar refractivity (Wildman–Crippen MR) is 76.6 cm³/mol. The van der Waals surface area contributed by atoms with Gasteiger partial charge in [0.05, 0.1) is 12.9 Å². The van der Waals surface area contributed by atoms with Gasteiger partial charge in [-0.25, -0.2) is 14.6 Å². The van der Waals surface area contributed by atoms with E-state index in [-0.39, 0.29) is 13.0 Å². The summed E-state index contributed by atoms with van der Waals surface area (Å²) in [6.45, 7) is 4.73. The van der Waals surface area contributed by atoms with E-state index in [0.29, 0.717) is 5.69 Å². The lowest BCUT2D eigenvalue weighted by atomic mass is 10.1. The minimum absolute atomic E-state index is 0.178. The Morgan fingerprint density at radius 3 is 2.73 bits per heavy atom. The Hall–Kier alpha value is -2.64. The van der Waals surface area contributed by atoms with Crippen molar-refractivity contribution in [2.24, 2.45) is 0 Å². The smallest absolute Gasteiger partial charge is 0.344 e. The minimum Gasteiger partial charge on any atom is -0.463 e. The molecule has 0 bridgehead atoms. The first-order valence-electron chi connectivity index (χ1n) is 6.68. The average Bonchev–Trinajstić information content (AvgIpc) is 3.02. The zero-order valence-electron chi connectivity index (χ0n) is 12.6. The number of amides is 1. The van der Waals surface area contributed by atoms with Crippen LogP contribution in [0, 0.1) is 0 Å². The first-order chi connectivity index (χ1) is 10.5. The second-order valence-corrected chi connectivity index (χ2v) is 4.36. The molecule has 1 amide bonds. The third-order valence-corrected chi connectivity index (χ3v) is 2.87. The summed E-state index contributed by atoms with van der Waals surface area (Å²) in [7, 11) is 1.46. The Morgan fingerprint density at radius 2 is 2.18 bits per heavy atom. The molecule has 1 aromatic rings. The van der Waals surface area contributed by atoms with Crippen LogP contribution in [0.5, 0.6) is 0 Å². The Labute approximate surface area is 128 Å². The molecule has 8 nitrogen and oxygen atoms in total. The van der Waals surface area contributed by atoms with Gasteiger partial charge in [-0.15, -0.1) is 0 Å². The molecule has 1 heterocycles. The second kappa shape index (κ2) is 8.60. The largest absolute Gasteiger partial charge is 0.463 e. The number of hydrogen-bond donors (Lipinski definition) is 1. The van der Waals surface area contributed by atoms with Crippen LogP contribution >= 0.6 is 0 Å². The molecule has 8 heteroatoms. The monoisotopic (exact) mass is 309 g/mol. The number of carbonyl (C=O) groups is 3. The summed E-state index contributed by atoms with van der Waals surface area (Å²) in [5.41, 5.74) is 0.654. The lowest BCUT2D eigenvalue weighted by Crippen LogP contribution is -2.44. The van der Waals surface area contributed by atoms with Gasteiger partial charge in [0.2, 0.25) is 5.91 Å². The molecule has 0 fully saturated rings. The number of likely N-dealkylation sites (N-methyl/N-ethyl adjacent to an activating group) is 1. The lowest BCUT2D eigenvalue weighted by Gasteiger charge is -2.25. The van der Waals surface area contributed by atoms with Crippen LogP contribution in [-0.4, -0.2) is 59.0 Å².